The second kappa shape index (κ2) is 9.18. The molecule has 0 bridgehead atoms. The van der Waals surface area contributed by atoms with Crippen LogP contribution in [0.4, 0.5) is 5.13 Å². The quantitative estimate of drug-likeness (QED) is 0.573. The molecule has 0 spiro atoms. The Morgan fingerprint density at radius 2 is 1.69 bits per heavy atom. The predicted molar refractivity (Wildman–Crippen MR) is 116 cm³/mol. The lowest BCUT2D eigenvalue weighted by Gasteiger charge is -2.18. The number of carbonyl (C=O) groups excluding carboxylic acids is 1. The van der Waals surface area contributed by atoms with Gasteiger partial charge in [-0.3, -0.25) is 10.1 Å². The van der Waals surface area contributed by atoms with Crippen LogP contribution in [0.1, 0.15) is 50.0 Å². The molecule has 0 aliphatic heterocycles. The van der Waals surface area contributed by atoms with Crippen molar-refractivity contribution in [1.82, 2.24) is 10.2 Å². The smallest absolute Gasteiger partial charge is 0.266 e. The summed E-state index contributed by atoms with van der Waals surface area (Å²) in [5.41, 5.74) is 2.26. The van der Waals surface area contributed by atoms with E-state index in [1.54, 1.807) is 6.92 Å². The largest absolute Gasteiger partial charge is 0.481 e. The van der Waals surface area contributed by atoms with E-state index in [9.17, 15) is 4.79 Å². The second-order valence-electron chi connectivity index (χ2n) is 7.42. The Hall–Kier alpha value is -2.73. The number of aromatic nitrogens is 2. The number of nitrogens with zero attached hydrogens (tertiary/aromatic N) is 2. The molecule has 4 rings (SSSR count). The predicted octanol–water partition coefficient (Wildman–Crippen LogP) is 5.66. The first-order chi connectivity index (χ1) is 14.2. The van der Waals surface area contributed by atoms with E-state index in [1.807, 2.05) is 42.5 Å². The van der Waals surface area contributed by atoms with Crippen molar-refractivity contribution >= 4 is 22.4 Å². The monoisotopic (exact) mass is 407 g/mol. The van der Waals surface area contributed by atoms with Gasteiger partial charge in [-0.05, 0) is 43.0 Å². The minimum atomic E-state index is -0.625. The van der Waals surface area contributed by atoms with Crippen LogP contribution in [0.3, 0.4) is 0 Å². The van der Waals surface area contributed by atoms with Crippen molar-refractivity contribution in [2.45, 2.75) is 51.0 Å². The average molecular weight is 408 g/mol. The van der Waals surface area contributed by atoms with E-state index in [4.69, 9.17) is 4.74 Å². The second-order valence-corrected chi connectivity index (χ2v) is 8.43. The summed E-state index contributed by atoms with van der Waals surface area (Å²) in [5, 5.41) is 12.9. The van der Waals surface area contributed by atoms with Crippen LogP contribution >= 0.6 is 11.3 Å². The number of hydrogen-bond acceptors (Lipinski definition) is 5. The van der Waals surface area contributed by atoms with Crippen LogP contribution in [0.2, 0.25) is 0 Å². The molecule has 5 nitrogen and oxygen atoms in total. The summed E-state index contributed by atoms with van der Waals surface area (Å²) < 4.78 is 5.81. The SMILES string of the molecule is C[C@H](Oc1ccc(-c2ccccc2)cc1)C(=O)Nc1nnc(C2CCCCC2)s1. The maximum absolute atomic E-state index is 12.5. The fourth-order valence-electron chi connectivity index (χ4n) is 3.62. The van der Waals surface area contributed by atoms with Gasteiger partial charge in [-0.2, -0.15) is 0 Å². The van der Waals surface area contributed by atoms with Gasteiger partial charge in [0.2, 0.25) is 5.13 Å². The number of amides is 1. The molecule has 1 atom stereocenters. The molecule has 1 fully saturated rings. The first-order valence-corrected chi connectivity index (χ1v) is 11.0. The summed E-state index contributed by atoms with van der Waals surface area (Å²) in [5.74, 6) is 0.930. The molecule has 2 aromatic carbocycles. The molecule has 6 heteroatoms. The van der Waals surface area contributed by atoms with Gasteiger partial charge >= 0.3 is 0 Å². The van der Waals surface area contributed by atoms with Crippen LogP contribution < -0.4 is 10.1 Å². The third kappa shape index (κ3) is 5.01. The molecular formula is C23H25N3O2S. The van der Waals surface area contributed by atoms with Crippen molar-refractivity contribution in [3.63, 3.8) is 0 Å². The zero-order valence-electron chi connectivity index (χ0n) is 16.5. The highest BCUT2D eigenvalue weighted by atomic mass is 32.1. The number of rotatable bonds is 6. The van der Waals surface area contributed by atoms with E-state index in [0.29, 0.717) is 16.8 Å². The molecule has 1 N–H and O–H groups in total. The third-order valence-electron chi connectivity index (χ3n) is 5.27. The molecule has 1 aromatic heterocycles. The van der Waals surface area contributed by atoms with Gasteiger partial charge in [-0.25, -0.2) is 0 Å². The summed E-state index contributed by atoms with van der Waals surface area (Å²) in [7, 11) is 0. The van der Waals surface area contributed by atoms with Crippen LogP contribution in [0.5, 0.6) is 5.75 Å². The summed E-state index contributed by atoms with van der Waals surface area (Å²) >= 11 is 1.48. The van der Waals surface area contributed by atoms with Gasteiger partial charge in [0, 0.05) is 5.92 Å². The lowest BCUT2D eigenvalue weighted by Crippen LogP contribution is -2.30. The Bertz CT molecular complexity index is 934. The molecule has 0 radical (unpaired) electrons. The van der Waals surface area contributed by atoms with Gasteiger partial charge in [0.1, 0.15) is 10.8 Å². The van der Waals surface area contributed by atoms with Crippen molar-refractivity contribution < 1.29 is 9.53 Å². The highest BCUT2D eigenvalue weighted by Gasteiger charge is 2.21. The maximum Gasteiger partial charge on any atom is 0.266 e. The lowest BCUT2D eigenvalue weighted by molar-refractivity contribution is -0.122. The topological polar surface area (TPSA) is 64.1 Å². The van der Waals surface area contributed by atoms with Crippen molar-refractivity contribution in [2.75, 3.05) is 5.32 Å². The van der Waals surface area contributed by atoms with E-state index in [0.717, 1.165) is 16.1 Å². The van der Waals surface area contributed by atoms with Gasteiger partial charge in [0.25, 0.3) is 5.91 Å². The minimum absolute atomic E-state index is 0.219. The third-order valence-corrected chi connectivity index (χ3v) is 6.27. The van der Waals surface area contributed by atoms with Crippen molar-refractivity contribution in [1.29, 1.82) is 0 Å². The molecule has 150 valence electrons. The van der Waals surface area contributed by atoms with Gasteiger partial charge in [-0.1, -0.05) is 73.1 Å². The minimum Gasteiger partial charge on any atom is -0.481 e. The molecule has 0 saturated heterocycles. The molecule has 1 aliphatic carbocycles. The number of nitrogens with one attached hydrogen (secondary N) is 1. The first kappa shape index (κ1) is 19.6. The zero-order valence-corrected chi connectivity index (χ0v) is 17.3. The first-order valence-electron chi connectivity index (χ1n) is 10.2. The molecule has 1 amide bonds. The van der Waals surface area contributed by atoms with Crippen LogP contribution in [0.25, 0.3) is 11.1 Å². The van der Waals surface area contributed by atoms with Crippen molar-refractivity contribution in [3.8, 4) is 16.9 Å². The van der Waals surface area contributed by atoms with E-state index in [-0.39, 0.29) is 5.91 Å². The number of carbonyl (C=O) groups is 1. The number of hydrogen-bond donors (Lipinski definition) is 1. The number of benzene rings is 2. The van der Waals surface area contributed by atoms with Crippen LogP contribution in [0, 0.1) is 0 Å². The Labute approximate surface area is 175 Å². The van der Waals surface area contributed by atoms with Gasteiger partial charge in [0.05, 0.1) is 0 Å². The fourth-order valence-corrected chi connectivity index (χ4v) is 4.54. The average Bonchev–Trinajstić information content (AvgIpc) is 3.24. The molecule has 1 heterocycles. The fraction of sp³-hybridized carbons (Fsp3) is 0.348. The normalized spacial score (nSPS) is 15.6. The summed E-state index contributed by atoms with van der Waals surface area (Å²) in [6.45, 7) is 1.74. The van der Waals surface area contributed by atoms with Crippen molar-refractivity contribution in [2.24, 2.45) is 0 Å². The summed E-state index contributed by atoms with van der Waals surface area (Å²) in [6.07, 6.45) is 5.52. The Morgan fingerprint density at radius 3 is 2.41 bits per heavy atom. The van der Waals surface area contributed by atoms with Crippen LogP contribution in [-0.4, -0.2) is 22.2 Å². The van der Waals surface area contributed by atoms with Gasteiger partial charge in [-0.15, -0.1) is 10.2 Å². The molecule has 0 unspecified atom stereocenters. The number of ether oxygens (including phenoxy) is 1. The summed E-state index contributed by atoms with van der Waals surface area (Å²) in [6, 6.07) is 17.9. The molecule has 1 aliphatic rings. The Kier molecular flexibility index (Phi) is 6.20. The van der Waals surface area contributed by atoms with Crippen molar-refractivity contribution in [3.05, 3.63) is 59.6 Å². The lowest BCUT2D eigenvalue weighted by atomic mass is 9.90. The Morgan fingerprint density at radius 1 is 1.00 bits per heavy atom. The Balaban J connectivity index is 1.33. The standard InChI is InChI=1S/C23H25N3O2S/c1-16(28-20-14-12-18(13-15-20)17-8-4-2-5-9-17)21(27)24-23-26-25-22(29-23)19-10-6-3-7-11-19/h2,4-5,8-9,12-16,19H,3,6-7,10-11H2,1H3,(H,24,26,27)/t16-/m0/s1. The highest BCUT2D eigenvalue weighted by molar-refractivity contribution is 7.15. The highest BCUT2D eigenvalue weighted by Crippen LogP contribution is 2.35. The summed E-state index contributed by atoms with van der Waals surface area (Å²) in [4.78, 5) is 12.5. The van der Waals surface area contributed by atoms with Crippen LogP contribution in [0.15, 0.2) is 54.6 Å². The van der Waals surface area contributed by atoms with Gasteiger partial charge < -0.3 is 4.74 Å². The number of anilines is 1. The van der Waals surface area contributed by atoms with Crippen LogP contribution in [-0.2, 0) is 4.79 Å². The molecule has 3 aromatic rings. The molecule has 29 heavy (non-hydrogen) atoms. The molecular weight excluding hydrogens is 382 g/mol. The van der Waals surface area contributed by atoms with Gasteiger partial charge in [0.15, 0.2) is 6.10 Å². The van der Waals surface area contributed by atoms with E-state index in [1.165, 1.54) is 43.4 Å². The zero-order chi connectivity index (χ0) is 20.1. The molecule has 1 saturated carbocycles. The van der Waals surface area contributed by atoms with E-state index < -0.39 is 6.10 Å². The van der Waals surface area contributed by atoms with E-state index in [2.05, 4.69) is 27.6 Å². The van der Waals surface area contributed by atoms with E-state index >= 15 is 0 Å². The maximum atomic E-state index is 12.5.